The van der Waals surface area contributed by atoms with Crippen LogP contribution in [0.5, 0.6) is 0 Å². The number of hydrogen-bond donors (Lipinski definition) is 3. The number of fused-ring (bicyclic) bond motifs is 3. The molecule has 3 rings (SSSR count). The number of nitrogens with one attached hydrogen (secondary N) is 1. The maximum Gasteiger partial charge on any atom is 0.260 e. The van der Waals surface area contributed by atoms with Crippen molar-refractivity contribution < 1.29 is 10.2 Å². The van der Waals surface area contributed by atoms with Crippen molar-refractivity contribution in [2.75, 3.05) is 12.4 Å². The normalized spacial score (nSPS) is 19.7. The van der Waals surface area contributed by atoms with Gasteiger partial charge in [-0.05, 0) is 30.7 Å². The Morgan fingerprint density at radius 1 is 1.57 bits per heavy atom. The maximum absolute atomic E-state index is 12.3. The van der Waals surface area contributed by atoms with E-state index in [4.69, 9.17) is 5.11 Å². The fourth-order valence-corrected chi connectivity index (χ4v) is 4.84. The molecule has 0 unspecified atom stereocenters. The van der Waals surface area contributed by atoms with Crippen molar-refractivity contribution in [3.05, 3.63) is 20.8 Å². The second-order valence-electron chi connectivity index (χ2n) is 5.55. The predicted molar refractivity (Wildman–Crippen MR) is 85.2 cm³/mol. The van der Waals surface area contributed by atoms with Crippen LogP contribution in [0.3, 0.4) is 0 Å². The highest BCUT2D eigenvalue weighted by molar-refractivity contribution is 7.99. The van der Waals surface area contributed by atoms with Crippen LogP contribution in [0.1, 0.15) is 23.8 Å². The molecule has 1 aliphatic carbocycles. The molecule has 5 nitrogen and oxygen atoms in total. The zero-order valence-corrected chi connectivity index (χ0v) is 13.4. The molecule has 2 atom stereocenters. The van der Waals surface area contributed by atoms with Crippen molar-refractivity contribution in [3.8, 4) is 0 Å². The molecule has 114 valence electrons. The van der Waals surface area contributed by atoms with Crippen LogP contribution < -0.4 is 5.56 Å². The van der Waals surface area contributed by atoms with Gasteiger partial charge in [0.15, 0.2) is 5.16 Å². The molecule has 2 aromatic heterocycles. The molecule has 2 heterocycles. The van der Waals surface area contributed by atoms with Gasteiger partial charge in [0.05, 0.1) is 18.1 Å². The molecule has 2 aromatic rings. The standard InChI is InChI=1S/C14H18N2O3S2/c1-7-2-3-9-10(4-7)21-13-11(9)12(19)15-14(16-13)20-6-8(18)5-17/h7-8,17-18H,2-6H2,1H3,(H,15,16,19)/t7-,8+/m0/s1. The average molecular weight is 326 g/mol. The van der Waals surface area contributed by atoms with Gasteiger partial charge >= 0.3 is 0 Å². The summed E-state index contributed by atoms with van der Waals surface area (Å²) >= 11 is 2.87. The average Bonchev–Trinajstić information content (AvgIpc) is 2.82. The number of aryl methyl sites for hydroxylation is 1. The van der Waals surface area contributed by atoms with Crippen molar-refractivity contribution in [2.45, 2.75) is 37.4 Å². The van der Waals surface area contributed by atoms with Gasteiger partial charge in [0.25, 0.3) is 5.56 Å². The third kappa shape index (κ3) is 3.01. The zero-order chi connectivity index (χ0) is 15.0. The van der Waals surface area contributed by atoms with Gasteiger partial charge in [0.1, 0.15) is 4.83 Å². The van der Waals surface area contributed by atoms with E-state index in [1.54, 1.807) is 11.3 Å². The van der Waals surface area contributed by atoms with E-state index in [9.17, 15) is 9.90 Å². The van der Waals surface area contributed by atoms with Gasteiger partial charge < -0.3 is 15.2 Å². The first-order chi connectivity index (χ1) is 10.1. The van der Waals surface area contributed by atoms with Crippen molar-refractivity contribution >= 4 is 33.3 Å². The summed E-state index contributed by atoms with van der Waals surface area (Å²) in [5, 5.41) is 19.4. The molecule has 0 saturated carbocycles. The summed E-state index contributed by atoms with van der Waals surface area (Å²) in [6, 6.07) is 0. The fraction of sp³-hybridized carbons (Fsp3) is 0.571. The van der Waals surface area contributed by atoms with E-state index < -0.39 is 6.10 Å². The Morgan fingerprint density at radius 3 is 3.14 bits per heavy atom. The van der Waals surface area contributed by atoms with Crippen molar-refractivity contribution in [1.29, 1.82) is 0 Å². The number of aromatic nitrogens is 2. The largest absolute Gasteiger partial charge is 0.394 e. The number of aromatic amines is 1. The van der Waals surface area contributed by atoms with Gasteiger partial charge in [-0.3, -0.25) is 4.79 Å². The van der Waals surface area contributed by atoms with Gasteiger partial charge in [-0.1, -0.05) is 18.7 Å². The van der Waals surface area contributed by atoms with Crippen LogP contribution in [0.2, 0.25) is 0 Å². The summed E-state index contributed by atoms with van der Waals surface area (Å²) < 4.78 is 0. The van der Waals surface area contributed by atoms with Crippen LogP contribution in [0.15, 0.2) is 9.95 Å². The minimum Gasteiger partial charge on any atom is -0.394 e. The van der Waals surface area contributed by atoms with E-state index in [0.29, 0.717) is 16.8 Å². The molecule has 0 amide bonds. The molecule has 0 bridgehead atoms. The second kappa shape index (κ2) is 6.08. The minimum atomic E-state index is -0.798. The Morgan fingerprint density at radius 2 is 2.38 bits per heavy atom. The van der Waals surface area contributed by atoms with Gasteiger partial charge in [-0.15, -0.1) is 11.3 Å². The smallest absolute Gasteiger partial charge is 0.260 e. The lowest BCUT2D eigenvalue weighted by Gasteiger charge is -2.17. The Bertz CT molecular complexity index is 710. The molecule has 21 heavy (non-hydrogen) atoms. The van der Waals surface area contributed by atoms with Crippen LogP contribution in [0.25, 0.3) is 10.2 Å². The molecule has 0 radical (unpaired) electrons. The van der Waals surface area contributed by atoms with Crippen LogP contribution >= 0.6 is 23.1 Å². The highest BCUT2D eigenvalue weighted by Crippen LogP contribution is 2.36. The van der Waals surface area contributed by atoms with Gasteiger partial charge in [-0.2, -0.15) is 0 Å². The number of H-pyrrole nitrogens is 1. The van der Waals surface area contributed by atoms with E-state index in [0.717, 1.165) is 29.5 Å². The predicted octanol–water partition coefficient (Wildman–Crippen LogP) is 1.55. The number of aliphatic hydroxyl groups excluding tert-OH is 2. The Kier molecular flexibility index (Phi) is 4.35. The van der Waals surface area contributed by atoms with E-state index in [1.165, 1.54) is 22.2 Å². The number of thioether (sulfide) groups is 1. The lowest BCUT2D eigenvalue weighted by atomic mass is 9.89. The first-order valence-corrected chi connectivity index (χ1v) is 8.85. The quantitative estimate of drug-likeness (QED) is 0.586. The highest BCUT2D eigenvalue weighted by Gasteiger charge is 2.23. The van der Waals surface area contributed by atoms with Crippen LogP contribution in [0.4, 0.5) is 0 Å². The number of thiophene rings is 1. The molecule has 1 aliphatic rings. The molecule has 0 saturated heterocycles. The zero-order valence-electron chi connectivity index (χ0n) is 11.8. The Hall–Kier alpha value is -0.890. The van der Waals surface area contributed by atoms with E-state index in [2.05, 4.69) is 16.9 Å². The number of aliphatic hydroxyl groups is 2. The fourth-order valence-electron chi connectivity index (χ4n) is 2.63. The first kappa shape index (κ1) is 15.0. The van der Waals surface area contributed by atoms with E-state index in [-0.39, 0.29) is 12.2 Å². The summed E-state index contributed by atoms with van der Waals surface area (Å²) in [4.78, 5) is 21.7. The lowest BCUT2D eigenvalue weighted by molar-refractivity contribution is 0.113. The van der Waals surface area contributed by atoms with E-state index >= 15 is 0 Å². The van der Waals surface area contributed by atoms with Crippen LogP contribution in [-0.2, 0) is 12.8 Å². The topological polar surface area (TPSA) is 86.2 Å². The van der Waals surface area contributed by atoms with Gasteiger partial charge in [0.2, 0.25) is 0 Å². The summed E-state index contributed by atoms with van der Waals surface area (Å²) in [5.74, 6) is 0.978. The monoisotopic (exact) mass is 326 g/mol. The van der Waals surface area contributed by atoms with Crippen LogP contribution in [0, 0.1) is 5.92 Å². The van der Waals surface area contributed by atoms with Crippen LogP contribution in [-0.4, -0.2) is 38.6 Å². The summed E-state index contributed by atoms with van der Waals surface area (Å²) in [6.45, 7) is 1.95. The molecule has 0 spiro atoms. The molecule has 0 aromatic carbocycles. The Labute approximate surface area is 130 Å². The minimum absolute atomic E-state index is 0.0898. The number of nitrogens with zero attached hydrogens (tertiary/aromatic N) is 1. The SMILES string of the molecule is C[C@H]1CCc2c(sc3nc(SC[C@H](O)CO)[nH]c(=O)c23)C1. The van der Waals surface area contributed by atoms with Gasteiger partial charge in [-0.25, -0.2) is 4.98 Å². The molecular formula is C14H18N2O3S2. The highest BCUT2D eigenvalue weighted by atomic mass is 32.2. The summed E-state index contributed by atoms with van der Waals surface area (Å²) in [7, 11) is 0. The second-order valence-corrected chi connectivity index (χ2v) is 7.64. The molecule has 0 fully saturated rings. The van der Waals surface area contributed by atoms with Crippen molar-refractivity contribution in [1.82, 2.24) is 9.97 Å². The van der Waals surface area contributed by atoms with E-state index in [1.807, 2.05) is 0 Å². The maximum atomic E-state index is 12.3. The number of rotatable bonds is 4. The van der Waals surface area contributed by atoms with Gasteiger partial charge in [0, 0.05) is 10.6 Å². The lowest BCUT2D eigenvalue weighted by Crippen LogP contribution is -2.16. The first-order valence-electron chi connectivity index (χ1n) is 7.04. The van der Waals surface area contributed by atoms with Crippen molar-refractivity contribution in [2.24, 2.45) is 5.92 Å². The molecule has 7 heteroatoms. The molecule has 0 aliphatic heterocycles. The summed E-state index contributed by atoms with van der Waals surface area (Å²) in [5.41, 5.74) is 1.09. The van der Waals surface area contributed by atoms with Crippen molar-refractivity contribution in [3.63, 3.8) is 0 Å². The number of hydrogen-bond acceptors (Lipinski definition) is 6. The molecular weight excluding hydrogens is 308 g/mol. The Balaban J connectivity index is 1.95. The third-order valence-corrected chi connectivity index (χ3v) is 5.93. The molecule has 3 N–H and O–H groups in total. The summed E-state index contributed by atoms with van der Waals surface area (Å²) in [6.07, 6.45) is 2.31. The third-order valence-electron chi connectivity index (χ3n) is 3.77.